The van der Waals surface area contributed by atoms with Crippen LogP contribution in [0.15, 0.2) is 79.0 Å². The van der Waals surface area contributed by atoms with Gasteiger partial charge in [0.05, 0.1) is 16.4 Å². The van der Waals surface area contributed by atoms with Crippen molar-refractivity contribution in [1.82, 2.24) is 14.8 Å². The fourth-order valence-corrected chi connectivity index (χ4v) is 5.19. The quantitative estimate of drug-likeness (QED) is 0.353. The molecule has 1 aliphatic heterocycles. The van der Waals surface area contributed by atoms with Crippen LogP contribution in [0, 0.1) is 6.92 Å². The van der Waals surface area contributed by atoms with Gasteiger partial charge in [-0.3, -0.25) is 4.79 Å². The first-order valence-corrected chi connectivity index (χ1v) is 12.0. The van der Waals surface area contributed by atoms with Gasteiger partial charge in [0.15, 0.2) is 0 Å². The molecule has 3 heterocycles. The van der Waals surface area contributed by atoms with Gasteiger partial charge in [0.2, 0.25) is 11.0 Å². The number of carbonyl (C=O) groups excluding carboxylic acids is 1. The van der Waals surface area contributed by atoms with Crippen molar-refractivity contribution in [3.05, 3.63) is 101 Å². The largest absolute Gasteiger partial charge is 0.489 e. The van der Waals surface area contributed by atoms with E-state index in [4.69, 9.17) is 9.72 Å². The van der Waals surface area contributed by atoms with E-state index in [-0.39, 0.29) is 11.8 Å². The SMILES string of the molecule is Cc1ccc(COc2ccc([C@H]3CC(=O)Nc4c3cnn4-c3nc4ccccc4s3)cc2)cc1. The van der Waals surface area contributed by atoms with Crippen LogP contribution in [0.3, 0.4) is 0 Å². The summed E-state index contributed by atoms with van der Waals surface area (Å²) in [6.45, 7) is 2.59. The fraction of sp³-hybridized carbons (Fsp3) is 0.148. The number of para-hydroxylation sites is 1. The van der Waals surface area contributed by atoms with Crippen molar-refractivity contribution in [2.45, 2.75) is 25.9 Å². The zero-order chi connectivity index (χ0) is 23.1. The van der Waals surface area contributed by atoms with Gasteiger partial charge < -0.3 is 10.1 Å². The number of aryl methyl sites for hydroxylation is 1. The summed E-state index contributed by atoms with van der Waals surface area (Å²) in [5.74, 6) is 1.40. The summed E-state index contributed by atoms with van der Waals surface area (Å²) < 4.78 is 8.78. The monoisotopic (exact) mass is 466 g/mol. The van der Waals surface area contributed by atoms with E-state index in [9.17, 15) is 4.79 Å². The first kappa shape index (κ1) is 20.6. The molecule has 6 nitrogen and oxygen atoms in total. The Bertz CT molecular complexity index is 1450. The van der Waals surface area contributed by atoms with E-state index in [0.717, 1.165) is 37.8 Å². The maximum absolute atomic E-state index is 12.6. The molecule has 34 heavy (non-hydrogen) atoms. The van der Waals surface area contributed by atoms with E-state index in [1.165, 1.54) is 5.56 Å². The van der Waals surface area contributed by atoms with Crippen LogP contribution in [-0.2, 0) is 11.4 Å². The second-order valence-corrected chi connectivity index (χ2v) is 9.48. The fourth-order valence-electron chi connectivity index (χ4n) is 4.26. The molecule has 5 aromatic rings. The zero-order valence-electron chi connectivity index (χ0n) is 18.6. The molecule has 6 rings (SSSR count). The maximum atomic E-state index is 12.6. The number of anilines is 1. The Morgan fingerprint density at radius 3 is 2.65 bits per heavy atom. The van der Waals surface area contributed by atoms with Crippen LogP contribution in [0.5, 0.6) is 5.75 Å². The van der Waals surface area contributed by atoms with Crippen molar-refractivity contribution in [2.24, 2.45) is 0 Å². The molecule has 1 N–H and O–H groups in total. The highest BCUT2D eigenvalue weighted by atomic mass is 32.1. The average molecular weight is 467 g/mol. The molecule has 0 spiro atoms. The molecule has 0 radical (unpaired) electrons. The van der Waals surface area contributed by atoms with Crippen LogP contribution >= 0.6 is 11.3 Å². The number of hydrogen-bond acceptors (Lipinski definition) is 5. The molecular weight excluding hydrogens is 444 g/mol. The number of thiazole rings is 1. The Labute approximate surface area is 200 Å². The minimum Gasteiger partial charge on any atom is -0.489 e. The number of aromatic nitrogens is 3. The van der Waals surface area contributed by atoms with Gasteiger partial charge in [0, 0.05) is 17.9 Å². The van der Waals surface area contributed by atoms with Crippen LogP contribution < -0.4 is 10.1 Å². The number of rotatable bonds is 5. The van der Waals surface area contributed by atoms with Gasteiger partial charge in [-0.1, -0.05) is 65.4 Å². The summed E-state index contributed by atoms with van der Waals surface area (Å²) >= 11 is 1.55. The number of amides is 1. The second kappa shape index (κ2) is 8.43. The smallest absolute Gasteiger partial charge is 0.226 e. The molecule has 1 aliphatic rings. The minimum absolute atomic E-state index is 0.0277. The van der Waals surface area contributed by atoms with E-state index < -0.39 is 0 Å². The van der Waals surface area contributed by atoms with Crippen molar-refractivity contribution < 1.29 is 9.53 Å². The Hall–Kier alpha value is -3.97. The molecule has 168 valence electrons. The second-order valence-electron chi connectivity index (χ2n) is 8.47. The third-order valence-corrected chi connectivity index (χ3v) is 7.10. The summed E-state index contributed by atoms with van der Waals surface area (Å²) in [6.07, 6.45) is 2.22. The zero-order valence-corrected chi connectivity index (χ0v) is 19.4. The lowest BCUT2D eigenvalue weighted by Gasteiger charge is -2.23. The third-order valence-electron chi connectivity index (χ3n) is 6.09. The van der Waals surface area contributed by atoms with Crippen LogP contribution in [0.2, 0.25) is 0 Å². The lowest BCUT2D eigenvalue weighted by Crippen LogP contribution is -2.24. The van der Waals surface area contributed by atoms with E-state index >= 15 is 0 Å². The topological polar surface area (TPSA) is 69.0 Å². The molecule has 1 amide bonds. The molecule has 0 bridgehead atoms. The number of fused-ring (bicyclic) bond motifs is 2. The molecule has 7 heteroatoms. The van der Waals surface area contributed by atoms with Crippen molar-refractivity contribution >= 4 is 33.3 Å². The highest BCUT2D eigenvalue weighted by Crippen LogP contribution is 2.39. The highest BCUT2D eigenvalue weighted by Gasteiger charge is 2.31. The Balaban J connectivity index is 1.25. The van der Waals surface area contributed by atoms with E-state index in [0.29, 0.717) is 18.8 Å². The summed E-state index contributed by atoms with van der Waals surface area (Å²) in [4.78, 5) is 17.3. The highest BCUT2D eigenvalue weighted by molar-refractivity contribution is 7.20. The van der Waals surface area contributed by atoms with Gasteiger partial charge in [0.25, 0.3) is 0 Å². The van der Waals surface area contributed by atoms with Crippen molar-refractivity contribution in [3.63, 3.8) is 0 Å². The molecule has 1 atom stereocenters. The number of hydrogen-bond donors (Lipinski definition) is 1. The molecule has 0 saturated carbocycles. The molecule has 3 aromatic carbocycles. The first-order chi connectivity index (χ1) is 16.6. The number of ether oxygens (including phenoxy) is 1. The van der Waals surface area contributed by atoms with Crippen molar-refractivity contribution in [3.8, 4) is 10.9 Å². The minimum atomic E-state index is -0.0713. The number of nitrogens with zero attached hydrogens (tertiary/aromatic N) is 3. The van der Waals surface area contributed by atoms with E-state index in [1.54, 1.807) is 16.0 Å². The summed E-state index contributed by atoms with van der Waals surface area (Å²) in [5, 5.41) is 8.33. The normalized spacial score (nSPS) is 15.2. The van der Waals surface area contributed by atoms with Crippen LogP contribution in [-0.4, -0.2) is 20.7 Å². The van der Waals surface area contributed by atoms with Gasteiger partial charge in [-0.2, -0.15) is 9.78 Å². The third kappa shape index (κ3) is 3.84. The van der Waals surface area contributed by atoms with Crippen molar-refractivity contribution in [2.75, 3.05) is 5.32 Å². The van der Waals surface area contributed by atoms with Gasteiger partial charge in [0.1, 0.15) is 18.2 Å². The molecule has 2 aromatic heterocycles. The number of benzene rings is 3. The average Bonchev–Trinajstić information content (AvgIpc) is 3.47. The van der Waals surface area contributed by atoms with Gasteiger partial charge >= 0.3 is 0 Å². The molecule has 0 fully saturated rings. The molecule has 0 unspecified atom stereocenters. The van der Waals surface area contributed by atoms with Crippen LogP contribution in [0.25, 0.3) is 15.3 Å². The first-order valence-electron chi connectivity index (χ1n) is 11.2. The van der Waals surface area contributed by atoms with E-state index in [2.05, 4.69) is 41.6 Å². The summed E-state index contributed by atoms with van der Waals surface area (Å²) in [7, 11) is 0. The van der Waals surface area contributed by atoms with Crippen LogP contribution in [0.1, 0.15) is 34.6 Å². The molecule has 0 saturated heterocycles. The van der Waals surface area contributed by atoms with Gasteiger partial charge in [-0.05, 0) is 42.3 Å². The molecular formula is C27H22N4O2S. The van der Waals surface area contributed by atoms with Gasteiger partial charge in [-0.15, -0.1) is 0 Å². The van der Waals surface area contributed by atoms with Gasteiger partial charge in [-0.25, -0.2) is 4.98 Å². The summed E-state index contributed by atoms with van der Waals surface area (Å²) in [5.41, 5.74) is 5.34. The number of carbonyl (C=O) groups is 1. The van der Waals surface area contributed by atoms with Crippen molar-refractivity contribution in [1.29, 1.82) is 0 Å². The summed E-state index contributed by atoms with van der Waals surface area (Å²) in [6, 6.07) is 24.3. The number of nitrogens with one attached hydrogen (secondary N) is 1. The molecule has 0 aliphatic carbocycles. The lowest BCUT2D eigenvalue weighted by atomic mass is 9.87. The Morgan fingerprint density at radius 2 is 1.85 bits per heavy atom. The predicted molar refractivity (Wildman–Crippen MR) is 134 cm³/mol. The predicted octanol–water partition coefficient (Wildman–Crippen LogP) is 5.84. The standard InChI is InChI=1S/C27H22N4O2S/c1-17-6-8-18(9-7-17)16-33-20-12-10-19(11-13-20)21-14-25(32)30-26-22(21)15-28-31(26)27-29-23-4-2-3-5-24(23)34-27/h2-13,15,21H,14,16H2,1H3,(H,30,32)/t21-/m1/s1. The van der Waals surface area contributed by atoms with Crippen LogP contribution in [0.4, 0.5) is 5.82 Å². The Morgan fingerprint density at radius 1 is 1.06 bits per heavy atom. The lowest BCUT2D eigenvalue weighted by molar-refractivity contribution is -0.116. The maximum Gasteiger partial charge on any atom is 0.226 e. The van der Waals surface area contributed by atoms with E-state index in [1.807, 2.05) is 54.7 Å². The Kier molecular flexibility index (Phi) is 5.11.